The third-order valence-electron chi connectivity index (χ3n) is 5.54. The number of furan rings is 1. The number of benzene rings is 4. The summed E-state index contributed by atoms with van der Waals surface area (Å²) in [5.74, 6) is 4.50. The van der Waals surface area contributed by atoms with Gasteiger partial charge in [-0.2, -0.15) is 0 Å². The minimum absolute atomic E-state index is 0.695. The van der Waals surface area contributed by atoms with Crippen molar-refractivity contribution in [2.75, 3.05) is 0 Å². The fourth-order valence-corrected chi connectivity index (χ4v) is 3.65. The van der Waals surface area contributed by atoms with E-state index in [1.165, 1.54) is 0 Å². The molecule has 0 fully saturated rings. The fourth-order valence-electron chi connectivity index (χ4n) is 3.65. The van der Waals surface area contributed by atoms with Crippen molar-refractivity contribution in [3.05, 3.63) is 133 Å². The molecule has 1 heterocycles. The van der Waals surface area contributed by atoms with Gasteiger partial charge in [-0.25, -0.2) is 9.98 Å². The van der Waals surface area contributed by atoms with Gasteiger partial charge >= 0.3 is 0 Å². The minimum atomic E-state index is 0.695. The molecule has 5 heteroatoms. The van der Waals surface area contributed by atoms with Gasteiger partial charge in [-0.15, -0.1) is 0 Å². The van der Waals surface area contributed by atoms with E-state index in [1.807, 2.05) is 135 Å². The van der Waals surface area contributed by atoms with Gasteiger partial charge in [0, 0.05) is 0 Å². The summed E-state index contributed by atoms with van der Waals surface area (Å²) in [6.07, 6.45) is 0. The zero-order valence-electron chi connectivity index (χ0n) is 20.7. The second-order valence-corrected chi connectivity index (χ2v) is 8.38. The molecule has 37 heavy (non-hydrogen) atoms. The summed E-state index contributed by atoms with van der Waals surface area (Å²) in [4.78, 5) is 9.38. The van der Waals surface area contributed by atoms with E-state index in [-0.39, 0.29) is 0 Å². The molecule has 5 aromatic rings. The van der Waals surface area contributed by atoms with E-state index in [2.05, 4.69) is 0 Å². The Morgan fingerprint density at radius 3 is 1.19 bits per heavy atom. The molecular formula is C32H26N2O3. The van der Waals surface area contributed by atoms with Gasteiger partial charge in [-0.3, -0.25) is 0 Å². The highest BCUT2D eigenvalue weighted by Crippen LogP contribution is 2.26. The van der Waals surface area contributed by atoms with Gasteiger partial charge in [-0.05, 0) is 98.8 Å². The molecule has 0 bridgehead atoms. The molecule has 0 spiro atoms. The van der Waals surface area contributed by atoms with E-state index in [0.29, 0.717) is 11.5 Å². The zero-order valence-corrected chi connectivity index (χ0v) is 20.7. The van der Waals surface area contributed by atoms with Crippen LogP contribution in [0.15, 0.2) is 136 Å². The maximum atomic E-state index is 6.05. The van der Waals surface area contributed by atoms with Gasteiger partial charge in [0.1, 0.15) is 34.5 Å². The number of hydrogen-bond acceptors (Lipinski definition) is 5. The molecule has 0 unspecified atom stereocenters. The van der Waals surface area contributed by atoms with Crippen LogP contribution in [-0.4, -0.2) is 11.4 Å². The van der Waals surface area contributed by atoms with E-state index in [4.69, 9.17) is 23.9 Å². The monoisotopic (exact) mass is 486 g/mol. The standard InChI is InChI=1S/C32H26N2O3/c1-23(33-25-13-17-29(18-14-25)35-27-9-5-3-6-10-27)31-21-22-32(37-31)24(2)34-26-15-19-30(20-16-26)36-28-11-7-4-8-12-28/h3-22H,1-2H3. The molecule has 0 radical (unpaired) electrons. The Kier molecular flexibility index (Phi) is 7.23. The molecule has 5 rings (SSSR count). The Balaban J connectivity index is 1.23. The summed E-state index contributed by atoms with van der Waals surface area (Å²) in [7, 11) is 0. The molecule has 0 saturated heterocycles. The smallest absolute Gasteiger partial charge is 0.148 e. The van der Waals surface area contributed by atoms with Crippen LogP contribution in [0.25, 0.3) is 0 Å². The van der Waals surface area contributed by atoms with Gasteiger partial charge < -0.3 is 13.9 Å². The fraction of sp³-hybridized carbons (Fsp3) is 0.0625. The largest absolute Gasteiger partial charge is 0.457 e. The van der Waals surface area contributed by atoms with Crippen LogP contribution in [-0.2, 0) is 0 Å². The van der Waals surface area contributed by atoms with Crippen molar-refractivity contribution >= 4 is 22.8 Å². The van der Waals surface area contributed by atoms with Crippen LogP contribution in [0.1, 0.15) is 25.4 Å². The Hall–Kier alpha value is -4.90. The average molecular weight is 487 g/mol. The number of para-hydroxylation sites is 2. The first-order chi connectivity index (χ1) is 18.1. The first-order valence-electron chi connectivity index (χ1n) is 12.0. The Morgan fingerprint density at radius 1 is 0.459 bits per heavy atom. The van der Waals surface area contributed by atoms with Crippen molar-refractivity contribution in [1.82, 2.24) is 0 Å². The van der Waals surface area contributed by atoms with Gasteiger partial charge in [0.15, 0.2) is 0 Å². The van der Waals surface area contributed by atoms with Gasteiger partial charge in [0.05, 0.1) is 22.8 Å². The minimum Gasteiger partial charge on any atom is -0.457 e. The Bertz CT molecular complexity index is 1390. The molecule has 0 aliphatic rings. The van der Waals surface area contributed by atoms with Crippen molar-refractivity contribution in [2.45, 2.75) is 13.8 Å². The molecule has 5 nitrogen and oxygen atoms in total. The molecule has 0 saturated carbocycles. The predicted octanol–water partition coefficient (Wildman–Crippen LogP) is 9.15. The van der Waals surface area contributed by atoms with E-state index < -0.39 is 0 Å². The molecule has 0 aliphatic carbocycles. The third-order valence-corrected chi connectivity index (χ3v) is 5.54. The normalized spacial score (nSPS) is 11.8. The summed E-state index contributed by atoms with van der Waals surface area (Å²) in [6, 6.07) is 38.5. The third kappa shape index (κ3) is 6.41. The number of rotatable bonds is 8. The molecule has 182 valence electrons. The maximum Gasteiger partial charge on any atom is 0.148 e. The lowest BCUT2D eigenvalue weighted by Gasteiger charge is -2.06. The zero-order chi connectivity index (χ0) is 25.5. The highest BCUT2D eigenvalue weighted by atomic mass is 16.5. The van der Waals surface area contributed by atoms with E-state index in [0.717, 1.165) is 45.8 Å². The van der Waals surface area contributed by atoms with Crippen LogP contribution in [0, 0.1) is 0 Å². The summed E-state index contributed by atoms with van der Waals surface area (Å²) in [6.45, 7) is 3.85. The summed E-state index contributed by atoms with van der Waals surface area (Å²) < 4.78 is 17.7. The maximum absolute atomic E-state index is 6.05. The van der Waals surface area contributed by atoms with Crippen molar-refractivity contribution in [1.29, 1.82) is 0 Å². The summed E-state index contributed by atoms with van der Waals surface area (Å²) in [5.41, 5.74) is 3.19. The number of nitrogens with zero attached hydrogens (tertiary/aromatic N) is 2. The van der Waals surface area contributed by atoms with Crippen molar-refractivity contribution in [3.63, 3.8) is 0 Å². The summed E-state index contributed by atoms with van der Waals surface area (Å²) in [5, 5.41) is 0. The molecular weight excluding hydrogens is 460 g/mol. The van der Waals surface area contributed by atoms with Crippen molar-refractivity contribution < 1.29 is 13.9 Å². The molecule has 4 aromatic carbocycles. The van der Waals surface area contributed by atoms with Gasteiger partial charge in [0.25, 0.3) is 0 Å². The highest BCUT2D eigenvalue weighted by Gasteiger charge is 2.09. The molecule has 0 N–H and O–H groups in total. The lowest BCUT2D eigenvalue weighted by Crippen LogP contribution is -1.93. The molecule has 1 aromatic heterocycles. The Labute approximate surface area is 216 Å². The molecule has 0 amide bonds. The van der Waals surface area contributed by atoms with Crippen LogP contribution in [0.3, 0.4) is 0 Å². The van der Waals surface area contributed by atoms with E-state index in [1.54, 1.807) is 0 Å². The van der Waals surface area contributed by atoms with Crippen LogP contribution in [0.2, 0.25) is 0 Å². The first kappa shape index (κ1) is 23.8. The van der Waals surface area contributed by atoms with Crippen LogP contribution < -0.4 is 9.47 Å². The number of ether oxygens (including phenoxy) is 2. The topological polar surface area (TPSA) is 56.3 Å². The van der Waals surface area contributed by atoms with Crippen molar-refractivity contribution in [3.8, 4) is 23.0 Å². The van der Waals surface area contributed by atoms with Gasteiger partial charge in [-0.1, -0.05) is 36.4 Å². The number of hydrogen-bond donors (Lipinski definition) is 0. The van der Waals surface area contributed by atoms with Crippen LogP contribution in [0.5, 0.6) is 23.0 Å². The molecule has 0 aliphatic heterocycles. The number of aliphatic imine (C=N–C) groups is 2. The quantitative estimate of drug-likeness (QED) is 0.205. The lowest BCUT2D eigenvalue weighted by molar-refractivity contribution is 0.482. The SMILES string of the molecule is CC(=Nc1ccc(Oc2ccccc2)cc1)c1ccc(C(C)=Nc2ccc(Oc3ccccc3)cc2)o1. The van der Waals surface area contributed by atoms with E-state index >= 15 is 0 Å². The van der Waals surface area contributed by atoms with Crippen LogP contribution in [0.4, 0.5) is 11.4 Å². The van der Waals surface area contributed by atoms with E-state index in [9.17, 15) is 0 Å². The average Bonchev–Trinajstić information content (AvgIpc) is 3.43. The predicted molar refractivity (Wildman–Crippen MR) is 148 cm³/mol. The second-order valence-electron chi connectivity index (χ2n) is 8.38. The molecule has 0 atom stereocenters. The summed E-state index contributed by atoms with van der Waals surface area (Å²) >= 11 is 0. The Morgan fingerprint density at radius 2 is 0.811 bits per heavy atom. The van der Waals surface area contributed by atoms with Crippen LogP contribution >= 0.6 is 0 Å². The second kappa shape index (κ2) is 11.2. The van der Waals surface area contributed by atoms with Gasteiger partial charge in [0.2, 0.25) is 0 Å². The highest BCUT2D eigenvalue weighted by molar-refractivity contribution is 6.01. The lowest BCUT2D eigenvalue weighted by atomic mass is 10.2. The first-order valence-corrected chi connectivity index (χ1v) is 12.0. The van der Waals surface area contributed by atoms with Crippen molar-refractivity contribution in [2.24, 2.45) is 9.98 Å².